The molecule has 4 heterocycles. The summed E-state index contributed by atoms with van der Waals surface area (Å²) in [5.41, 5.74) is 1.65. The monoisotopic (exact) mass is 603 g/mol. The summed E-state index contributed by atoms with van der Waals surface area (Å²) in [6, 6.07) is 2.87. The Morgan fingerprint density at radius 1 is 1.17 bits per heavy atom. The van der Waals surface area contributed by atoms with E-state index in [1.54, 1.807) is 62.9 Å². The Balaban J connectivity index is 1.71. The van der Waals surface area contributed by atoms with E-state index in [0.717, 1.165) is 5.56 Å². The van der Waals surface area contributed by atoms with Crippen LogP contribution < -0.4 is 10.2 Å². The number of carbonyl (C=O) groups excluding carboxylic acids is 2. The maximum absolute atomic E-state index is 14.2. The number of hydrogen-bond donors (Lipinski definition) is 1. The Morgan fingerprint density at radius 3 is 2.57 bits per heavy atom. The van der Waals surface area contributed by atoms with Crippen LogP contribution in [0.15, 0.2) is 46.3 Å². The summed E-state index contributed by atoms with van der Waals surface area (Å²) in [5.74, 6) is -3.03. The topological polar surface area (TPSA) is 132 Å². The van der Waals surface area contributed by atoms with Crippen LogP contribution in [0, 0.1) is 6.92 Å². The van der Waals surface area contributed by atoms with Gasteiger partial charge in [-0.2, -0.15) is 5.10 Å². The molecule has 0 unspecified atom stereocenters. The maximum atomic E-state index is 14.2. The minimum Gasteiger partial charge on any atom is -0.442 e. The Morgan fingerprint density at radius 2 is 1.90 bits per heavy atom. The zero-order chi connectivity index (χ0) is 30.9. The number of nitrogens with one attached hydrogen (secondary N) is 1. The second-order valence-electron chi connectivity index (χ2n) is 11.3. The van der Waals surface area contributed by atoms with Gasteiger partial charge in [-0.15, -0.1) is 4.36 Å². The van der Waals surface area contributed by atoms with Crippen molar-refractivity contribution in [3.8, 4) is 11.1 Å². The summed E-state index contributed by atoms with van der Waals surface area (Å²) in [5, 5.41) is 6.98. The highest BCUT2D eigenvalue weighted by molar-refractivity contribution is 7.93. The molecule has 1 saturated heterocycles. The molecule has 0 bridgehead atoms. The van der Waals surface area contributed by atoms with Crippen molar-refractivity contribution >= 4 is 33.2 Å². The summed E-state index contributed by atoms with van der Waals surface area (Å²) in [4.78, 5) is 36.5. The smallest absolute Gasteiger partial charge is 0.442 e. The van der Waals surface area contributed by atoms with Gasteiger partial charge >= 0.3 is 6.09 Å². The fourth-order valence-corrected chi connectivity index (χ4v) is 5.60. The van der Waals surface area contributed by atoms with Crippen LogP contribution in [0.2, 0.25) is 0 Å². The predicted molar refractivity (Wildman–Crippen MR) is 155 cm³/mol. The van der Waals surface area contributed by atoms with Crippen LogP contribution in [0.4, 0.5) is 25.1 Å². The maximum Gasteiger partial charge on any atom is 0.442 e. The number of nitrogens with zero attached hydrogens (tertiary/aromatic N) is 6. The van der Waals surface area contributed by atoms with Crippen LogP contribution in [0.5, 0.6) is 0 Å². The van der Waals surface area contributed by atoms with Gasteiger partial charge in [0, 0.05) is 74.6 Å². The van der Waals surface area contributed by atoms with Crippen LogP contribution in [0.25, 0.3) is 11.1 Å². The van der Waals surface area contributed by atoms with E-state index in [1.165, 1.54) is 24.6 Å². The molecule has 4 rings (SSSR count). The van der Waals surface area contributed by atoms with Gasteiger partial charge in [0.15, 0.2) is 0 Å². The molecule has 1 aliphatic heterocycles. The van der Waals surface area contributed by atoms with E-state index in [4.69, 9.17) is 4.74 Å². The number of carbonyl (C=O) groups is 2. The summed E-state index contributed by atoms with van der Waals surface area (Å²) in [6.45, 7) is 7.12. The van der Waals surface area contributed by atoms with Crippen molar-refractivity contribution in [3.05, 3.63) is 48.0 Å². The first-order valence-electron chi connectivity index (χ1n) is 13.4. The van der Waals surface area contributed by atoms with Crippen molar-refractivity contribution in [1.29, 1.82) is 0 Å². The second kappa shape index (κ2) is 11.7. The number of amides is 2. The number of pyridine rings is 2. The Kier molecular flexibility index (Phi) is 8.67. The molecule has 1 aliphatic rings. The lowest BCUT2D eigenvalue weighted by Crippen LogP contribution is -2.30. The molecule has 1 atom stereocenters. The predicted octanol–water partition coefficient (Wildman–Crippen LogP) is 5.46. The number of aryl methyl sites for hydroxylation is 1. The SMILES string of the molecule is Cc1c(-c2cnn(C)c2)cnc(N2CCCC(F)(F)CC2)c1C(=O)Nc1ccnc([S@@](C)(=O)=NC(=O)OC(C)(C)C)c1. The fraction of sp³-hybridized carbons (Fsp3) is 0.464. The molecule has 14 heteroatoms. The Hall–Kier alpha value is -3.94. The van der Waals surface area contributed by atoms with E-state index in [1.807, 2.05) is 0 Å². The van der Waals surface area contributed by atoms with E-state index < -0.39 is 33.3 Å². The molecule has 11 nitrogen and oxygen atoms in total. The van der Waals surface area contributed by atoms with Crippen molar-refractivity contribution in [1.82, 2.24) is 19.7 Å². The number of rotatable bonds is 5. The summed E-state index contributed by atoms with van der Waals surface area (Å²) in [7, 11) is -1.54. The summed E-state index contributed by atoms with van der Waals surface area (Å²) in [6.07, 6.45) is 6.33. The highest BCUT2D eigenvalue weighted by Crippen LogP contribution is 2.34. The van der Waals surface area contributed by atoms with Gasteiger partial charge in [-0.25, -0.2) is 27.8 Å². The van der Waals surface area contributed by atoms with Crippen LogP contribution in [-0.2, 0) is 21.5 Å². The second-order valence-corrected chi connectivity index (χ2v) is 13.5. The molecule has 42 heavy (non-hydrogen) atoms. The molecule has 3 aromatic rings. The third-order valence-electron chi connectivity index (χ3n) is 6.60. The lowest BCUT2D eigenvalue weighted by molar-refractivity contribution is -0.0102. The minimum absolute atomic E-state index is 0.0277. The molecule has 3 aromatic heterocycles. The van der Waals surface area contributed by atoms with Crippen molar-refractivity contribution < 1.29 is 27.3 Å². The first-order valence-corrected chi connectivity index (χ1v) is 15.3. The highest BCUT2D eigenvalue weighted by atomic mass is 32.2. The summed E-state index contributed by atoms with van der Waals surface area (Å²) < 4.78 is 52.1. The Bertz CT molecular complexity index is 1620. The van der Waals surface area contributed by atoms with E-state index in [0.29, 0.717) is 23.5 Å². The van der Waals surface area contributed by atoms with Crippen LogP contribution in [-0.4, -0.2) is 66.8 Å². The third kappa shape index (κ3) is 7.46. The quantitative estimate of drug-likeness (QED) is 0.407. The van der Waals surface area contributed by atoms with Crippen molar-refractivity contribution in [2.75, 3.05) is 29.6 Å². The average Bonchev–Trinajstić information content (AvgIpc) is 3.21. The zero-order valence-corrected chi connectivity index (χ0v) is 25.3. The molecule has 0 spiro atoms. The molecule has 0 saturated carbocycles. The highest BCUT2D eigenvalue weighted by Gasteiger charge is 2.34. The molecule has 2 amide bonds. The number of anilines is 2. The number of halogens is 2. The van der Waals surface area contributed by atoms with Gasteiger partial charge in [0.2, 0.25) is 5.92 Å². The lowest BCUT2D eigenvalue weighted by Gasteiger charge is -2.26. The first kappa shape index (κ1) is 31.0. The van der Waals surface area contributed by atoms with Gasteiger partial charge in [0.1, 0.15) is 26.2 Å². The van der Waals surface area contributed by atoms with Crippen LogP contribution in [0.3, 0.4) is 0 Å². The fourth-order valence-electron chi connectivity index (χ4n) is 4.59. The zero-order valence-electron chi connectivity index (χ0n) is 24.5. The van der Waals surface area contributed by atoms with Gasteiger partial charge < -0.3 is 15.0 Å². The molecule has 0 aromatic carbocycles. The first-order chi connectivity index (χ1) is 19.5. The van der Waals surface area contributed by atoms with Crippen LogP contribution >= 0.6 is 0 Å². The average molecular weight is 604 g/mol. The molecule has 0 aliphatic carbocycles. The van der Waals surface area contributed by atoms with Gasteiger partial charge in [0.25, 0.3) is 5.91 Å². The standard InChI is InChI=1S/C28H35F2N7O4S/c1-18-21(19-15-33-36(5)17-19)16-32-24(37-12-7-9-28(29,30)10-13-37)23(18)25(38)34-20-8-11-31-22(14-20)42(6,40)35-26(39)41-27(2,3)4/h8,11,14-17H,7,9-10,12-13H2,1-6H3,(H,31,34,38)/t42-/m1/s1. The van der Waals surface area contributed by atoms with Gasteiger partial charge in [-0.3, -0.25) is 9.48 Å². The molecule has 1 N–H and O–H groups in total. The largest absolute Gasteiger partial charge is 0.442 e. The van der Waals surface area contributed by atoms with E-state index in [-0.39, 0.29) is 42.1 Å². The number of aromatic nitrogens is 4. The molecular formula is C28H35F2N7O4S. The van der Waals surface area contributed by atoms with Crippen molar-refractivity contribution in [3.63, 3.8) is 0 Å². The van der Waals surface area contributed by atoms with Crippen LogP contribution in [0.1, 0.15) is 56.0 Å². The molecule has 226 valence electrons. The number of alkyl halides is 2. The van der Waals surface area contributed by atoms with E-state index in [2.05, 4.69) is 24.7 Å². The van der Waals surface area contributed by atoms with Gasteiger partial charge in [0.05, 0.1) is 11.8 Å². The molecule has 1 fully saturated rings. The van der Waals surface area contributed by atoms with E-state index >= 15 is 0 Å². The third-order valence-corrected chi connectivity index (χ3v) is 8.10. The Labute approximate surface area is 243 Å². The number of ether oxygens (including phenoxy) is 1. The molecule has 0 radical (unpaired) electrons. The molecular weight excluding hydrogens is 568 g/mol. The normalized spacial score (nSPS) is 16.7. The summed E-state index contributed by atoms with van der Waals surface area (Å²) >= 11 is 0. The van der Waals surface area contributed by atoms with E-state index in [9.17, 15) is 22.6 Å². The van der Waals surface area contributed by atoms with Crippen molar-refractivity contribution in [2.45, 2.75) is 63.5 Å². The van der Waals surface area contributed by atoms with Gasteiger partial charge in [-0.05, 0) is 51.8 Å². The lowest BCUT2D eigenvalue weighted by atomic mass is 9.99. The van der Waals surface area contributed by atoms with Crippen molar-refractivity contribution in [2.24, 2.45) is 11.4 Å². The van der Waals surface area contributed by atoms with Gasteiger partial charge in [-0.1, -0.05) is 0 Å². The minimum atomic E-state index is -3.31. The number of hydrogen-bond acceptors (Lipinski definition) is 8.